The molecule has 216 valence electrons. The van der Waals surface area contributed by atoms with Crippen molar-refractivity contribution in [3.63, 3.8) is 0 Å². The summed E-state index contributed by atoms with van der Waals surface area (Å²) in [4.78, 5) is 43.1. The molecule has 15 heteroatoms. The van der Waals surface area contributed by atoms with Crippen LogP contribution >= 0.6 is 11.6 Å². The quantitative estimate of drug-likeness (QED) is 0.237. The average Bonchev–Trinajstić information content (AvgIpc) is 3.50. The molecule has 2 aliphatic heterocycles. The fourth-order valence-electron chi connectivity index (χ4n) is 4.62. The number of ether oxygens (including phenoxy) is 3. The standard InChI is InChI=1S/C25H26ClN5O7.CO2/c1-2-25(35)17(13-37-16(23(33)34)12-15-6-4-3-5-7-15)38-22(19(25)32)31-14-27-18-20(28-24(26)29-21(18)31)30-8-10-36-11-9-30;2-1-3/h1,3-7,14,16-17,19,22,32,35H,8-13H2,(H,33,34);/t16?,17-,19+,22-,25-;/m1./s1. The van der Waals surface area contributed by atoms with Gasteiger partial charge in [0.25, 0.3) is 0 Å². The molecule has 0 saturated carbocycles. The maximum absolute atomic E-state index is 11.8. The molecule has 3 N–H and O–H groups in total. The number of aromatic nitrogens is 4. The number of imidazole rings is 1. The van der Waals surface area contributed by atoms with E-state index >= 15 is 0 Å². The van der Waals surface area contributed by atoms with Gasteiger partial charge in [-0.2, -0.15) is 19.6 Å². The number of aliphatic hydroxyl groups is 2. The molecule has 4 heterocycles. The highest BCUT2D eigenvalue weighted by Gasteiger charge is 2.56. The highest BCUT2D eigenvalue weighted by molar-refractivity contribution is 6.28. The van der Waals surface area contributed by atoms with Crippen LogP contribution in [0.1, 0.15) is 11.8 Å². The van der Waals surface area contributed by atoms with E-state index in [-0.39, 0.29) is 30.1 Å². The maximum Gasteiger partial charge on any atom is 0.373 e. The van der Waals surface area contributed by atoms with Crippen LogP contribution in [-0.2, 0) is 35.0 Å². The first-order chi connectivity index (χ1) is 19.7. The molecule has 1 aromatic carbocycles. The number of halogens is 1. The molecule has 0 amide bonds. The number of hydrogen-bond acceptors (Lipinski definition) is 12. The summed E-state index contributed by atoms with van der Waals surface area (Å²) in [6.07, 6.45) is 2.04. The van der Waals surface area contributed by atoms with Gasteiger partial charge in [0.1, 0.15) is 12.2 Å². The second-order valence-electron chi connectivity index (χ2n) is 9.10. The minimum atomic E-state index is -2.18. The zero-order chi connectivity index (χ0) is 29.6. The van der Waals surface area contributed by atoms with Gasteiger partial charge < -0.3 is 34.4 Å². The van der Waals surface area contributed by atoms with Crippen LogP contribution in [0.25, 0.3) is 11.2 Å². The van der Waals surface area contributed by atoms with Crippen molar-refractivity contribution < 1.29 is 43.9 Å². The lowest BCUT2D eigenvalue weighted by Gasteiger charge is -2.28. The predicted octanol–water partition coefficient (Wildman–Crippen LogP) is 0.0679. The van der Waals surface area contributed by atoms with Gasteiger partial charge in [-0.3, -0.25) is 4.57 Å². The number of morpholine rings is 1. The zero-order valence-electron chi connectivity index (χ0n) is 21.5. The minimum Gasteiger partial charge on any atom is -0.479 e. The third kappa shape index (κ3) is 6.37. The second-order valence-corrected chi connectivity index (χ2v) is 9.44. The lowest BCUT2D eigenvalue weighted by Crippen LogP contribution is -2.48. The Bertz CT molecular complexity index is 1440. The number of fused-ring (bicyclic) bond motifs is 1. The molecule has 2 aliphatic rings. The Kier molecular flexibility index (Phi) is 9.64. The number of nitrogens with zero attached hydrogens (tertiary/aromatic N) is 5. The van der Waals surface area contributed by atoms with E-state index in [1.807, 2.05) is 11.0 Å². The summed E-state index contributed by atoms with van der Waals surface area (Å²) < 4.78 is 18.4. The molecule has 2 saturated heterocycles. The number of carboxylic acid groups (broad SMARTS) is 1. The van der Waals surface area contributed by atoms with Gasteiger partial charge in [-0.05, 0) is 17.2 Å². The normalized spacial score (nSPS) is 24.6. The molecule has 0 aliphatic carbocycles. The molecular weight excluding hydrogens is 562 g/mol. The first kappa shape index (κ1) is 30.0. The van der Waals surface area contributed by atoms with E-state index in [1.54, 1.807) is 24.3 Å². The Morgan fingerprint density at radius 1 is 1.24 bits per heavy atom. The first-order valence-corrected chi connectivity index (χ1v) is 12.7. The summed E-state index contributed by atoms with van der Waals surface area (Å²) in [5, 5.41) is 31.9. The Morgan fingerprint density at radius 3 is 2.56 bits per heavy atom. The van der Waals surface area contributed by atoms with Gasteiger partial charge in [-0.25, -0.2) is 9.78 Å². The maximum atomic E-state index is 11.8. The molecular formula is C26H26ClN5O9. The van der Waals surface area contributed by atoms with Crippen LogP contribution in [0.3, 0.4) is 0 Å². The fraction of sp³-hybridized carbons (Fsp3) is 0.423. The number of carbonyl (C=O) groups excluding carboxylic acids is 2. The zero-order valence-corrected chi connectivity index (χ0v) is 22.3. The average molecular weight is 588 g/mol. The van der Waals surface area contributed by atoms with Crippen molar-refractivity contribution in [2.75, 3.05) is 37.8 Å². The van der Waals surface area contributed by atoms with Crippen molar-refractivity contribution in [1.82, 2.24) is 19.5 Å². The third-order valence-electron chi connectivity index (χ3n) is 6.70. The first-order valence-electron chi connectivity index (χ1n) is 12.4. The second kappa shape index (κ2) is 13.2. The number of aliphatic hydroxyl groups excluding tert-OH is 1. The fourth-order valence-corrected chi connectivity index (χ4v) is 4.78. The lowest BCUT2D eigenvalue weighted by molar-refractivity contribution is -0.191. The Morgan fingerprint density at radius 2 is 1.93 bits per heavy atom. The summed E-state index contributed by atoms with van der Waals surface area (Å²) in [5.41, 5.74) is -0.732. The van der Waals surface area contributed by atoms with Crippen molar-refractivity contribution in [1.29, 1.82) is 0 Å². The number of rotatable bonds is 8. The minimum absolute atomic E-state index is 0.0365. The monoisotopic (exact) mass is 587 g/mol. The molecule has 3 aromatic rings. The van der Waals surface area contributed by atoms with Crippen LogP contribution in [0, 0.1) is 12.3 Å². The molecule has 2 aromatic heterocycles. The van der Waals surface area contributed by atoms with Gasteiger partial charge in [-0.1, -0.05) is 36.3 Å². The van der Waals surface area contributed by atoms with Gasteiger partial charge in [0.05, 0.1) is 26.1 Å². The number of aliphatic carboxylic acids is 1. The molecule has 1 unspecified atom stereocenters. The highest BCUT2D eigenvalue weighted by atomic mass is 35.5. The van der Waals surface area contributed by atoms with Crippen molar-refractivity contribution >= 4 is 40.7 Å². The summed E-state index contributed by atoms with van der Waals surface area (Å²) in [6, 6.07) is 8.98. The van der Waals surface area contributed by atoms with Gasteiger partial charge in [0, 0.05) is 19.5 Å². The third-order valence-corrected chi connectivity index (χ3v) is 6.86. The van der Waals surface area contributed by atoms with Gasteiger partial charge in [0.15, 0.2) is 34.9 Å². The highest BCUT2D eigenvalue weighted by Crippen LogP contribution is 2.39. The lowest BCUT2D eigenvalue weighted by atomic mass is 9.93. The smallest absolute Gasteiger partial charge is 0.373 e. The van der Waals surface area contributed by atoms with E-state index in [2.05, 4.69) is 20.9 Å². The number of anilines is 1. The molecule has 5 rings (SSSR count). The molecule has 0 bridgehead atoms. The summed E-state index contributed by atoms with van der Waals surface area (Å²) in [6.45, 7) is 1.82. The van der Waals surface area contributed by atoms with Crippen LogP contribution in [0.4, 0.5) is 5.82 Å². The van der Waals surface area contributed by atoms with E-state index < -0.39 is 36.1 Å². The predicted molar refractivity (Wildman–Crippen MR) is 140 cm³/mol. The van der Waals surface area contributed by atoms with Crippen LogP contribution in [0.15, 0.2) is 36.7 Å². The number of benzene rings is 1. The number of terminal acetylenes is 1. The van der Waals surface area contributed by atoms with E-state index in [0.29, 0.717) is 37.6 Å². The van der Waals surface area contributed by atoms with Crippen LogP contribution in [-0.4, -0.2) is 104 Å². The van der Waals surface area contributed by atoms with Crippen molar-refractivity contribution in [2.45, 2.75) is 36.6 Å². The van der Waals surface area contributed by atoms with Crippen LogP contribution in [0.5, 0.6) is 0 Å². The van der Waals surface area contributed by atoms with E-state index in [4.69, 9.17) is 41.8 Å². The summed E-state index contributed by atoms with van der Waals surface area (Å²) in [7, 11) is 0. The molecule has 2 fully saturated rings. The molecule has 14 nitrogen and oxygen atoms in total. The van der Waals surface area contributed by atoms with Gasteiger partial charge in [-0.15, -0.1) is 6.42 Å². The molecule has 41 heavy (non-hydrogen) atoms. The van der Waals surface area contributed by atoms with Gasteiger partial charge >= 0.3 is 12.1 Å². The number of carbonyl (C=O) groups is 1. The Hall–Kier alpha value is -3.93. The Balaban J connectivity index is 0.00000124. The number of hydrogen-bond donors (Lipinski definition) is 3. The van der Waals surface area contributed by atoms with Crippen LogP contribution in [0.2, 0.25) is 5.28 Å². The van der Waals surface area contributed by atoms with Crippen molar-refractivity contribution in [2.24, 2.45) is 0 Å². The molecule has 5 atom stereocenters. The van der Waals surface area contributed by atoms with E-state index in [1.165, 1.54) is 10.9 Å². The number of carboxylic acids is 1. The topological polar surface area (TPSA) is 186 Å². The SMILES string of the molecule is C#C[C@@]1(O)[C@@H](COC(Cc2ccccc2)C(=O)O)O[C@@H](n2cnc3c(N4CCOCC4)nc(Cl)nc32)[C@@H]1O.O=C=O. The van der Waals surface area contributed by atoms with Gasteiger partial charge in [0.2, 0.25) is 5.28 Å². The summed E-state index contributed by atoms with van der Waals surface area (Å²) >= 11 is 6.23. The van der Waals surface area contributed by atoms with E-state index in [0.717, 1.165) is 5.56 Å². The summed E-state index contributed by atoms with van der Waals surface area (Å²) in [5.74, 6) is 1.52. The largest absolute Gasteiger partial charge is 0.479 e. The van der Waals surface area contributed by atoms with Crippen molar-refractivity contribution in [3.05, 3.63) is 47.5 Å². The Labute approximate surface area is 238 Å². The molecule has 0 spiro atoms. The molecule has 0 radical (unpaired) electrons. The van der Waals surface area contributed by atoms with Crippen LogP contribution < -0.4 is 4.90 Å². The van der Waals surface area contributed by atoms with E-state index in [9.17, 15) is 20.1 Å². The van der Waals surface area contributed by atoms with Crippen molar-refractivity contribution in [3.8, 4) is 12.3 Å².